The minimum atomic E-state index is -4.51. The van der Waals surface area contributed by atoms with Gasteiger partial charge in [-0.25, -0.2) is 4.98 Å². The molecule has 18 heavy (non-hydrogen) atoms. The predicted octanol–water partition coefficient (Wildman–Crippen LogP) is 2.70. The summed E-state index contributed by atoms with van der Waals surface area (Å²) >= 11 is 0. The lowest BCUT2D eigenvalue weighted by Gasteiger charge is -2.27. The van der Waals surface area contributed by atoms with Gasteiger partial charge in [0.05, 0.1) is 0 Å². The van der Waals surface area contributed by atoms with Crippen molar-refractivity contribution >= 4 is 11.8 Å². The van der Waals surface area contributed by atoms with Crippen LogP contribution in [0.5, 0.6) is 0 Å². The number of nitrogen functional groups attached to an aromatic ring is 1. The number of nitrogens with two attached hydrogens (primary N) is 1. The smallest absolute Gasteiger partial charge is 0.368 e. The molecule has 7 heteroatoms. The number of alkyl halides is 3. The summed E-state index contributed by atoms with van der Waals surface area (Å²) in [6, 6.07) is 1.05. The molecule has 0 saturated heterocycles. The molecular formula is C11H17F3N4. The third kappa shape index (κ3) is 3.24. The Bertz CT molecular complexity index is 402. The van der Waals surface area contributed by atoms with Gasteiger partial charge in [0.2, 0.25) is 5.95 Å². The quantitative estimate of drug-likeness (QED) is 0.906. The number of rotatable bonds is 4. The van der Waals surface area contributed by atoms with Crippen LogP contribution in [0.25, 0.3) is 0 Å². The first-order valence-corrected chi connectivity index (χ1v) is 5.74. The second-order valence-corrected chi connectivity index (χ2v) is 4.05. The second kappa shape index (κ2) is 5.41. The number of halogens is 3. The molecule has 0 amide bonds. The number of nitrogens with zero attached hydrogens (tertiary/aromatic N) is 3. The molecule has 102 valence electrons. The van der Waals surface area contributed by atoms with Crippen LogP contribution in [0.4, 0.5) is 24.9 Å². The van der Waals surface area contributed by atoms with E-state index in [0.717, 1.165) is 18.9 Å². The van der Waals surface area contributed by atoms with E-state index in [9.17, 15) is 13.2 Å². The molecule has 0 bridgehead atoms. The van der Waals surface area contributed by atoms with Gasteiger partial charge in [0.25, 0.3) is 0 Å². The van der Waals surface area contributed by atoms with Crippen molar-refractivity contribution in [2.24, 2.45) is 0 Å². The van der Waals surface area contributed by atoms with E-state index in [0.29, 0.717) is 0 Å². The molecule has 0 aliphatic rings. The van der Waals surface area contributed by atoms with E-state index in [1.54, 1.807) is 11.9 Å². The van der Waals surface area contributed by atoms with E-state index >= 15 is 0 Å². The molecule has 4 nitrogen and oxygen atoms in total. The van der Waals surface area contributed by atoms with E-state index in [-0.39, 0.29) is 17.8 Å². The number of hydrogen-bond acceptors (Lipinski definition) is 4. The SMILES string of the molecule is CCC(CC)N(C)c1cc(C(F)(F)F)nc(N)n1. The van der Waals surface area contributed by atoms with Crippen molar-refractivity contribution in [2.75, 3.05) is 17.7 Å². The summed E-state index contributed by atoms with van der Waals surface area (Å²) in [5.74, 6) is -0.166. The molecule has 1 rings (SSSR count). The van der Waals surface area contributed by atoms with E-state index < -0.39 is 11.9 Å². The summed E-state index contributed by atoms with van der Waals surface area (Å²) < 4.78 is 37.8. The Kier molecular flexibility index (Phi) is 4.37. The average molecular weight is 262 g/mol. The maximum atomic E-state index is 12.6. The zero-order valence-corrected chi connectivity index (χ0v) is 10.6. The Morgan fingerprint density at radius 2 is 1.83 bits per heavy atom. The van der Waals surface area contributed by atoms with Gasteiger partial charge in [0.15, 0.2) is 5.69 Å². The van der Waals surface area contributed by atoms with E-state index in [1.807, 2.05) is 13.8 Å². The Morgan fingerprint density at radius 3 is 2.28 bits per heavy atom. The van der Waals surface area contributed by atoms with Crippen molar-refractivity contribution in [3.05, 3.63) is 11.8 Å². The van der Waals surface area contributed by atoms with Gasteiger partial charge in [0.1, 0.15) is 5.82 Å². The zero-order chi connectivity index (χ0) is 13.9. The average Bonchev–Trinajstić information content (AvgIpc) is 2.28. The highest BCUT2D eigenvalue weighted by Gasteiger charge is 2.34. The molecule has 1 heterocycles. The molecular weight excluding hydrogens is 245 g/mol. The molecule has 0 radical (unpaired) electrons. The molecule has 0 aromatic carbocycles. The first-order valence-electron chi connectivity index (χ1n) is 5.74. The van der Waals surface area contributed by atoms with Gasteiger partial charge in [-0.2, -0.15) is 18.2 Å². The molecule has 0 aliphatic carbocycles. The first-order chi connectivity index (χ1) is 8.29. The van der Waals surface area contributed by atoms with Crippen LogP contribution in [0.3, 0.4) is 0 Å². The molecule has 0 fully saturated rings. The van der Waals surface area contributed by atoms with Crippen LogP contribution >= 0.6 is 0 Å². The Hall–Kier alpha value is -1.53. The fraction of sp³-hybridized carbons (Fsp3) is 0.636. The van der Waals surface area contributed by atoms with Crippen LogP contribution in [-0.4, -0.2) is 23.1 Å². The maximum absolute atomic E-state index is 12.6. The van der Waals surface area contributed by atoms with Gasteiger partial charge in [-0.1, -0.05) is 13.8 Å². The third-order valence-corrected chi connectivity index (χ3v) is 2.87. The van der Waals surface area contributed by atoms with Crippen molar-refractivity contribution in [1.82, 2.24) is 9.97 Å². The fourth-order valence-electron chi connectivity index (χ4n) is 1.80. The highest BCUT2D eigenvalue weighted by Crippen LogP contribution is 2.30. The molecule has 0 spiro atoms. The molecule has 0 aliphatic heterocycles. The van der Waals surface area contributed by atoms with Gasteiger partial charge < -0.3 is 10.6 Å². The Morgan fingerprint density at radius 1 is 1.28 bits per heavy atom. The lowest BCUT2D eigenvalue weighted by atomic mass is 10.1. The summed E-state index contributed by atoms with van der Waals surface area (Å²) in [5.41, 5.74) is 4.32. The zero-order valence-electron chi connectivity index (χ0n) is 10.6. The van der Waals surface area contributed by atoms with Crippen LogP contribution in [0.2, 0.25) is 0 Å². The van der Waals surface area contributed by atoms with E-state index in [1.165, 1.54) is 0 Å². The Balaban J connectivity index is 3.13. The minimum absolute atomic E-state index is 0.125. The van der Waals surface area contributed by atoms with E-state index in [2.05, 4.69) is 9.97 Å². The molecule has 0 saturated carbocycles. The molecule has 2 N–H and O–H groups in total. The highest BCUT2D eigenvalue weighted by atomic mass is 19.4. The van der Waals surface area contributed by atoms with Crippen molar-refractivity contribution in [1.29, 1.82) is 0 Å². The van der Waals surface area contributed by atoms with E-state index in [4.69, 9.17) is 5.73 Å². The van der Waals surface area contributed by atoms with Crippen LogP contribution < -0.4 is 10.6 Å². The third-order valence-electron chi connectivity index (χ3n) is 2.87. The topological polar surface area (TPSA) is 55.0 Å². The monoisotopic (exact) mass is 262 g/mol. The van der Waals surface area contributed by atoms with Crippen LogP contribution in [0.1, 0.15) is 32.4 Å². The molecule has 0 atom stereocenters. The predicted molar refractivity (Wildman–Crippen MR) is 64.2 cm³/mol. The lowest BCUT2D eigenvalue weighted by Crippen LogP contribution is -2.31. The fourth-order valence-corrected chi connectivity index (χ4v) is 1.80. The normalized spacial score (nSPS) is 11.9. The maximum Gasteiger partial charge on any atom is 0.433 e. The number of anilines is 2. The van der Waals surface area contributed by atoms with Crippen molar-refractivity contribution in [3.8, 4) is 0 Å². The first kappa shape index (κ1) is 14.5. The summed E-state index contributed by atoms with van der Waals surface area (Å²) in [4.78, 5) is 8.77. The summed E-state index contributed by atoms with van der Waals surface area (Å²) in [7, 11) is 1.71. The summed E-state index contributed by atoms with van der Waals surface area (Å²) in [6.07, 6.45) is -2.88. The standard InChI is InChI=1S/C11H17F3N4/c1-4-7(5-2)18(3)9-6-8(11(12,13)14)16-10(15)17-9/h6-7H,4-5H2,1-3H3,(H2,15,16,17). The lowest BCUT2D eigenvalue weighted by molar-refractivity contribution is -0.141. The van der Waals surface area contributed by atoms with Gasteiger partial charge in [-0.3, -0.25) is 0 Å². The number of hydrogen-bond donors (Lipinski definition) is 1. The van der Waals surface area contributed by atoms with Gasteiger partial charge in [0, 0.05) is 19.2 Å². The van der Waals surface area contributed by atoms with Gasteiger partial charge in [-0.05, 0) is 12.8 Å². The summed E-state index contributed by atoms with van der Waals surface area (Å²) in [5, 5.41) is 0. The van der Waals surface area contributed by atoms with Gasteiger partial charge >= 0.3 is 6.18 Å². The molecule has 1 aromatic heterocycles. The molecule has 1 aromatic rings. The Labute approximate surface area is 104 Å². The highest BCUT2D eigenvalue weighted by molar-refractivity contribution is 5.44. The number of aromatic nitrogens is 2. The minimum Gasteiger partial charge on any atom is -0.368 e. The molecule has 0 unspecified atom stereocenters. The summed E-state index contributed by atoms with van der Waals surface area (Å²) in [6.45, 7) is 3.94. The second-order valence-electron chi connectivity index (χ2n) is 4.05. The van der Waals surface area contributed by atoms with Crippen molar-refractivity contribution < 1.29 is 13.2 Å². The van der Waals surface area contributed by atoms with Crippen LogP contribution in [-0.2, 0) is 6.18 Å². The van der Waals surface area contributed by atoms with Crippen molar-refractivity contribution in [3.63, 3.8) is 0 Å². The van der Waals surface area contributed by atoms with Crippen LogP contribution in [0, 0.1) is 0 Å². The van der Waals surface area contributed by atoms with Gasteiger partial charge in [-0.15, -0.1) is 0 Å². The van der Waals surface area contributed by atoms with Crippen molar-refractivity contribution in [2.45, 2.75) is 38.9 Å². The largest absolute Gasteiger partial charge is 0.433 e. The van der Waals surface area contributed by atoms with Crippen LogP contribution in [0.15, 0.2) is 6.07 Å².